The molecule has 0 aliphatic rings. The van der Waals surface area contributed by atoms with E-state index in [1.54, 1.807) is 11.3 Å². The Balaban J connectivity index is 1.76. The third-order valence-corrected chi connectivity index (χ3v) is 4.59. The van der Waals surface area contributed by atoms with Crippen LogP contribution in [0.4, 0.5) is 0 Å². The molecule has 96 valence electrons. The van der Waals surface area contributed by atoms with Crippen molar-refractivity contribution in [2.75, 3.05) is 6.54 Å². The van der Waals surface area contributed by atoms with Gasteiger partial charge in [-0.05, 0) is 40.5 Å². The van der Waals surface area contributed by atoms with Crippen molar-refractivity contribution < 1.29 is 0 Å². The van der Waals surface area contributed by atoms with Crippen molar-refractivity contribution in [1.29, 1.82) is 0 Å². The fraction of sp³-hybridized carbons (Fsp3) is 0.308. The van der Waals surface area contributed by atoms with Gasteiger partial charge < -0.3 is 5.32 Å². The predicted octanol–water partition coefficient (Wildman–Crippen LogP) is 4.20. The maximum Gasteiger partial charge on any atom is 0.0897 e. The topological polar surface area (TPSA) is 24.9 Å². The number of hydrogen-bond donors (Lipinski definition) is 1. The monoisotopic (exact) mass is 344 g/mol. The van der Waals surface area contributed by atoms with Crippen molar-refractivity contribution in [3.8, 4) is 0 Å². The molecule has 2 aromatic rings. The number of halogens is 2. The van der Waals surface area contributed by atoms with E-state index in [4.69, 9.17) is 11.6 Å². The van der Waals surface area contributed by atoms with Crippen molar-refractivity contribution in [2.24, 2.45) is 0 Å². The molecular formula is C13H14BrClN2S. The van der Waals surface area contributed by atoms with Crippen LogP contribution in [0.1, 0.15) is 16.3 Å². The average Bonchev–Trinajstić information content (AvgIpc) is 2.75. The summed E-state index contributed by atoms with van der Waals surface area (Å²) in [6.45, 7) is 3.79. The molecule has 0 spiro atoms. The van der Waals surface area contributed by atoms with Crippen LogP contribution in [0.2, 0.25) is 5.02 Å². The first-order valence-corrected chi connectivity index (χ1v) is 7.76. The molecule has 0 aliphatic carbocycles. The van der Waals surface area contributed by atoms with E-state index in [1.165, 1.54) is 11.3 Å². The van der Waals surface area contributed by atoms with Crippen LogP contribution in [0.3, 0.4) is 0 Å². The summed E-state index contributed by atoms with van der Waals surface area (Å²) in [6.07, 6.45) is 0.967. The SMILES string of the molecule is Cc1nc(CCNCc2ccc(Br)c(Cl)c2)cs1. The molecule has 1 N–H and O–H groups in total. The summed E-state index contributed by atoms with van der Waals surface area (Å²) < 4.78 is 0.936. The highest BCUT2D eigenvalue weighted by Crippen LogP contribution is 2.23. The van der Waals surface area contributed by atoms with Gasteiger partial charge in [0.2, 0.25) is 0 Å². The second-order valence-electron chi connectivity index (χ2n) is 4.03. The summed E-state index contributed by atoms with van der Waals surface area (Å²) in [5, 5.41) is 7.40. The number of benzene rings is 1. The van der Waals surface area contributed by atoms with Crippen molar-refractivity contribution >= 4 is 38.9 Å². The standard InChI is InChI=1S/C13H14BrClN2S/c1-9-17-11(8-18-9)4-5-16-7-10-2-3-12(14)13(15)6-10/h2-3,6,8,16H,4-5,7H2,1H3. The zero-order valence-corrected chi connectivity index (χ0v) is 13.2. The zero-order chi connectivity index (χ0) is 13.0. The van der Waals surface area contributed by atoms with Crippen molar-refractivity contribution in [3.05, 3.63) is 49.3 Å². The number of thiazole rings is 1. The van der Waals surface area contributed by atoms with Gasteiger partial charge in [0.25, 0.3) is 0 Å². The lowest BCUT2D eigenvalue weighted by Gasteiger charge is -2.05. The molecule has 0 radical (unpaired) electrons. The molecule has 0 saturated carbocycles. The Labute approximate surface area is 125 Å². The lowest BCUT2D eigenvalue weighted by molar-refractivity contribution is 0.681. The van der Waals surface area contributed by atoms with E-state index in [1.807, 2.05) is 19.1 Å². The zero-order valence-electron chi connectivity index (χ0n) is 10.0. The summed E-state index contributed by atoms with van der Waals surface area (Å²) in [5.41, 5.74) is 2.36. The van der Waals surface area contributed by atoms with Gasteiger partial charge in [-0.25, -0.2) is 4.98 Å². The van der Waals surface area contributed by atoms with E-state index in [0.717, 1.165) is 34.0 Å². The largest absolute Gasteiger partial charge is 0.312 e. The molecule has 0 saturated heterocycles. The first-order valence-electron chi connectivity index (χ1n) is 5.71. The van der Waals surface area contributed by atoms with Crippen molar-refractivity contribution in [3.63, 3.8) is 0 Å². The maximum atomic E-state index is 6.04. The molecule has 0 fully saturated rings. The minimum Gasteiger partial charge on any atom is -0.312 e. The van der Waals surface area contributed by atoms with E-state index < -0.39 is 0 Å². The van der Waals surface area contributed by atoms with Crippen LogP contribution in [-0.2, 0) is 13.0 Å². The Hall–Kier alpha value is -0.420. The van der Waals surface area contributed by atoms with Gasteiger partial charge >= 0.3 is 0 Å². The second kappa shape index (κ2) is 6.66. The predicted molar refractivity (Wildman–Crippen MR) is 81.4 cm³/mol. The van der Waals surface area contributed by atoms with Gasteiger partial charge in [-0.3, -0.25) is 0 Å². The summed E-state index contributed by atoms with van der Waals surface area (Å²) >= 11 is 11.1. The van der Waals surface area contributed by atoms with E-state index in [9.17, 15) is 0 Å². The number of nitrogens with zero attached hydrogens (tertiary/aromatic N) is 1. The molecule has 1 heterocycles. The van der Waals surface area contributed by atoms with E-state index in [2.05, 4.69) is 37.7 Å². The third-order valence-electron chi connectivity index (χ3n) is 2.54. The van der Waals surface area contributed by atoms with Crippen LogP contribution in [-0.4, -0.2) is 11.5 Å². The van der Waals surface area contributed by atoms with Gasteiger partial charge in [0.05, 0.1) is 15.7 Å². The molecule has 1 aromatic carbocycles. The first kappa shape index (κ1) is 14.0. The lowest BCUT2D eigenvalue weighted by Crippen LogP contribution is -2.16. The van der Waals surface area contributed by atoms with Crippen LogP contribution in [0.15, 0.2) is 28.1 Å². The molecule has 18 heavy (non-hydrogen) atoms. The molecule has 0 unspecified atom stereocenters. The number of aryl methyl sites for hydroxylation is 1. The highest BCUT2D eigenvalue weighted by Gasteiger charge is 2.00. The number of nitrogens with one attached hydrogen (secondary N) is 1. The highest BCUT2D eigenvalue weighted by molar-refractivity contribution is 9.10. The minimum atomic E-state index is 0.754. The maximum absolute atomic E-state index is 6.04. The second-order valence-corrected chi connectivity index (χ2v) is 6.36. The van der Waals surface area contributed by atoms with Crippen LogP contribution in [0.5, 0.6) is 0 Å². The Bertz CT molecular complexity index is 527. The lowest BCUT2D eigenvalue weighted by atomic mass is 10.2. The van der Waals surface area contributed by atoms with Gasteiger partial charge in [-0.15, -0.1) is 11.3 Å². The van der Waals surface area contributed by atoms with E-state index >= 15 is 0 Å². The van der Waals surface area contributed by atoms with Crippen molar-refractivity contribution in [1.82, 2.24) is 10.3 Å². The highest BCUT2D eigenvalue weighted by atomic mass is 79.9. The average molecular weight is 346 g/mol. The molecule has 0 bridgehead atoms. The number of aromatic nitrogens is 1. The molecule has 1 aromatic heterocycles. The first-order chi connectivity index (χ1) is 8.65. The Morgan fingerprint density at radius 1 is 1.44 bits per heavy atom. The normalized spacial score (nSPS) is 10.8. The Morgan fingerprint density at radius 2 is 2.28 bits per heavy atom. The quantitative estimate of drug-likeness (QED) is 0.822. The van der Waals surface area contributed by atoms with Gasteiger partial charge in [0, 0.05) is 29.4 Å². The van der Waals surface area contributed by atoms with Crippen LogP contribution < -0.4 is 5.32 Å². The summed E-state index contributed by atoms with van der Waals surface area (Å²) in [7, 11) is 0. The summed E-state index contributed by atoms with van der Waals surface area (Å²) in [5.74, 6) is 0. The van der Waals surface area contributed by atoms with Gasteiger partial charge in [-0.2, -0.15) is 0 Å². The summed E-state index contributed by atoms with van der Waals surface area (Å²) in [4.78, 5) is 4.43. The Morgan fingerprint density at radius 3 is 2.94 bits per heavy atom. The van der Waals surface area contributed by atoms with Crippen LogP contribution in [0, 0.1) is 6.92 Å². The molecular weight excluding hydrogens is 332 g/mol. The molecule has 5 heteroatoms. The molecule has 0 aliphatic heterocycles. The van der Waals surface area contributed by atoms with Crippen LogP contribution in [0.25, 0.3) is 0 Å². The fourth-order valence-corrected chi connectivity index (χ4v) is 2.72. The van der Waals surface area contributed by atoms with Gasteiger partial charge in [0.1, 0.15) is 0 Å². The number of rotatable bonds is 5. The molecule has 0 amide bonds. The van der Waals surface area contributed by atoms with Crippen LogP contribution >= 0.6 is 38.9 Å². The minimum absolute atomic E-state index is 0.754. The van der Waals surface area contributed by atoms with Gasteiger partial charge in [-0.1, -0.05) is 17.7 Å². The Kier molecular flexibility index (Phi) is 5.18. The third kappa shape index (κ3) is 4.05. The van der Waals surface area contributed by atoms with E-state index in [0.29, 0.717) is 0 Å². The van der Waals surface area contributed by atoms with Crippen molar-refractivity contribution in [2.45, 2.75) is 19.9 Å². The van der Waals surface area contributed by atoms with Gasteiger partial charge in [0.15, 0.2) is 0 Å². The smallest absolute Gasteiger partial charge is 0.0897 e. The fourth-order valence-electron chi connectivity index (χ4n) is 1.62. The molecule has 0 atom stereocenters. The summed E-state index contributed by atoms with van der Waals surface area (Å²) in [6, 6.07) is 6.02. The number of hydrogen-bond acceptors (Lipinski definition) is 3. The van der Waals surface area contributed by atoms with E-state index in [-0.39, 0.29) is 0 Å². The molecule has 2 rings (SSSR count). The molecule has 2 nitrogen and oxygen atoms in total.